The second kappa shape index (κ2) is 54.2. The Morgan fingerprint density at radius 3 is 1.20 bits per heavy atom. The van der Waals surface area contributed by atoms with Gasteiger partial charge in [0.25, 0.3) is 0 Å². The van der Waals surface area contributed by atoms with Crippen LogP contribution in [-0.2, 0) is 23.8 Å². The lowest BCUT2D eigenvalue weighted by atomic mass is 10.1. The van der Waals surface area contributed by atoms with Crippen LogP contribution < -0.4 is 0 Å². The highest BCUT2D eigenvalue weighted by Crippen LogP contribution is 2.13. The summed E-state index contributed by atoms with van der Waals surface area (Å²) in [4.78, 5) is 25.4. The maximum atomic E-state index is 12.8. The monoisotopic (exact) mass is 889 g/mol. The molecule has 0 amide bonds. The number of hydrogen-bond donors (Lipinski definition) is 0. The van der Waals surface area contributed by atoms with Gasteiger partial charge < -0.3 is 14.2 Å². The van der Waals surface area contributed by atoms with Crippen molar-refractivity contribution in [1.29, 1.82) is 0 Å². The average molecular weight is 889 g/mol. The first-order valence-corrected chi connectivity index (χ1v) is 26.8. The van der Waals surface area contributed by atoms with E-state index in [1.54, 1.807) is 0 Å². The second-order valence-corrected chi connectivity index (χ2v) is 17.4. The van der Waals surface area contributed by atoms with E-state index in [-0.39, 0.29) is 25.2 Å². The molecule has 0 saturated carbocycles. The van der Waals surface area contributed by atoms with Gasteiger partial charge in [0.2, 0.25) is 0 Å². The highest BCUT2D eigenvalue weighted by molar-refractivity contribution is 5.70. The third-order valence-electron chi connectivity index (χ3n) is 11.1. The highest BCUT2D eigenvalue weighted by Gasteiger charge is 2.17. The Hall–Kier alpha value is -3.18. The summed E-state index contributed by atoms with van der Waals surface area (Å²) >= 11 is 0. The van der Waals surface area contributed by atoms with E-state index in [0.717, 1.165) is 109 Å². The molecule has 1 unspecified atom stereocenters. The average Bonchev–Trinajstić information content (AvgIpc) is 3.30. The summed E-state index contributed by atoms with van der Waals surface area (Å²) < 4.78 is 17.4. The quantitative estimate of drug-likeness (QED) is 0.0346. The van der Waals surface area contributed by atoms with Crippen molar-refractivity contribution in [2.45, 2.75) is 245 Å². The van der Waals surface area contributed by atoms with Gasteiger partial charge in [-0.1, -0.05) is 208 Å². The second-order valence-electron chi connectivity index (χ2n) is 17.4. The van der Waals surface area contributed by atoms with Crippen molar-refractivity contribution in [3.05, 3.63) is 97.2 Å². The molecule has 0 spiro atoms. The van der Waals surface area contributed by atoms with Crippen molar-refractivity contribution in [1.82, 2.24) is 0 Å². The predicted molar refractivity (Wildman–Crippen MR) is 279 cm³/mol. The summed E-state index contributed by atoms with van der Waals surface area (Å²) in [6.45, 7) is 7.53. The molecule has 5 heteroatoms. The van der Waals surface area contributed by atoms with Gasteiger partial charge in [0.1, 0.15) is 6.61 Å². The molecule has 0 aliphatic heterocycles. The van der Waals surface area contributed by atoms with Crippen LogP contribution in [0.2, 0.25) is 0 Å². The van der Waals surface area contributed by atoms with Gasteiger partial charge >= 0.3 is 11.9 Å². The summed E-state index contributed by atoms with van der Waals surface area (Å²) in [6.07, 6.45) is 72.8. The molecular formula is C59H100O5. The van der Waals surface area contributed by atoms with Gasteiger partial charge in [-0.15, -0.1) is 0 Å². The lowest BCUT2D eigenvalue weighted by molar-refractivity contribution is -0.163. The molecule has 0 heterocycles. The molecule has 0 fully saturated rings. The number of ether oxygens (including phenoxy) is 3. The first-order chi connectivity index (χ1) is 31.6. The molecule has 0 radical (unpaired) electrons. The van der Waals surface area contributed by atoms with Gasteiger partial charge in [0.05, 0.1) is 6.61 Å². The molecule has 0 bridgehead atoms. The maximum Gasteiger partial charge on any atom is 0.306 e. The number of hydrogen-bond acceptors (Lipinski definition) is 5. The van der Waals surface area contributed by atoms with Gasteiger partial charge in [-0.2, -0.15) is 0 Å². The maximum absolute atomic E-state index is 12.8. The lowest BCUT2D eigenvalue weighted by Gasteiger charge is -2.18. The van der Waals surface area contributed by atoms with E-state index >= 15 is 0 Å². The van der Waals surface area contributed by atoms with Crippen LogP contribution in [-0.4, -0.2) is 37.9 Å². The van der Waals surface area contributed by atoms with Crippen molar-refractivity contribution < 1.29 is 23.8 Å². The fourth-order valence-corrected chi connectivity index (χ4v) is 7.10. The number of rotatable bonds is 48. The molecular weight excluding hydrogens is 789 g/mol. The number of allylic oxidation sites excluding steroid dienone is 16. The van der Waals surface area contributed by atoms with E-state index in [0.29, 0.717) is 19.4 Å². The fourth-order valence-electron chi connectivity index (χ4n) is 7.10. The van der Waals surface area contributed by atoms with Gasteiger partial charge in [-0.05, 0) is 116 Å². The predicted octanol–water partition coefficient (Wildman–Crippen LogP) is 18.2. The van der Waals surface area contributed by atoms with Crippen LogP contribution in [0.15, 0.2) is 97.2 Å². The number of unbranched alkanes of at least 4 members (excludes halogenated alkanes) is 21. The van der Waals surface area contributed by atoms with Gasteiger partial charge in [0, 0.05) is 19.4 Å². The van der Waals surface area contributed by atoms with Gasteiger partial charge in [-0.25, -0.2) is 0 Å². The van der Waals surface area contributed by atoms with Crippen LogP contribution in [0.5, 0.6) is 0 Å². The molecule has 0 saturated heterocycles. The topological polar surface area (TPSA) is 61.8 Å². The van der Waals surface area contributed by atoms with Gasteiger partial charge in [0.15, 0.2) is 6.10 Å². The van der Waals surface area contributed by atoms with Crippen molar-refractivity contribution in [2.75, 3.05) is 19.8 Å². The molecule has 0 aromatic heterocycles. The van der Waals surface area contributed by atoms with E-state index in [9.17, 15) is 9.59 Å². The van der Waals surface area contributed by atoms with E-state index in [1.165, 1.54) is 96.3 Å². The molecule has 0 aliphatic carbocycles. The third kappa shape index (κ3) is 51.5. The normalized spacial score (nSPS) is 13.0. The van der Waals surface area contributed by atoms with Crippen molar-refractivity contribution in [2.24, 2.45) is 0 Å². The third-order valence-corrected chi connectivity index (χ3v) is 11.1. The van der Waals surface area contributed by atoms with E-state index in [2.05, 4.69) is 118 Å². The van der Waals surface area contributed by atoms with Crippen LogP contribution >= 0.6 is 0 Å². The Morgan fingerprint density at radius 2 is 0.734 bits per heavy atom. The molecule has 0 N–H and O–H groups in total. The Balaban J connectivity index is 4.37. The molecule has 366 valence electrons. The van der Waals surface area contributed by atoms with Crippen LogP contribution in [0.25, 0.3) is 0 Å². The number of carbonyl (C=O) groups is 2. The van der Waals surface area contributed by atoms with E-state index in [4.69, 9.17) is 14.2 Å². The van der Waals surface area contributed by atoms with Crippen LogP contribution in [0.3, 0.4) is 0 Å². The van der Waals surface area contributed by atoms with Crippen LogP contribution in [0, 0.1) is 0 Å². The Bertz CT molecular complexity index is 1230. The zero-order valence-electron chi connectivity index (χ0n) is 42.0. The van der Waals surface area contributed by atoms with Crippen molar-refractivity contribution in [3.8, 4) is 0 Å². The van der Waals surface area contributed by atoms with Crippen LogP contribution in [0.1, 0.15) is 239 Å². The van der Waals surface area contributed by atoms with Crippen molar-refractivity contribution >= 4 is 11.9 Å². The van der Waals surface area contributed by atoms with E-state index in [1.807, 2.05) is 0 Å². The number of carbonyl (C=O) groups excluding carboxylic acids is 2. The van der Waals surface area contributed by atoms with Crippen molar-refractivity contribution in [3.63, 3.8) is 0 Å². The molecule has 0 rings (SSSR count). The first kappa shape index (κ1) is 60.8. The Kier molecular flexibility index (Phi) is 51.5. The Labute approximate surface area is 396 Å². The first-order valence-electron chi connectivity index (χ1n) is 26.8. The SMILES string of the molecule is CC/C=C\C/C=C\C/C=C\C/C=C\C/C=C\CCCCOCC(COC(=O)CCCCCCCCC/C=C\CCCCCCCC)OC(=O)CCCCCCC/C=C\C/C=C\CCC. The smallest absolute Gasteiger partial charge is 0.306 e. The lowest BCUT2D eigenvalue weighted by Crippen LogP contribution is -2.30. The largest absolute Gasteiger partial charge is 0.462 e. The summed E-state index contributed by atoms with van der Waals surface area (Å²) in [5, 5.41) is 0. The summed E-state index contributed by atoms with van der Waals surface area (Å²) in [6, 6.07) is 0. The molecule has 5 nitrogen and oxygen atoms in total. The minimum atomic E-state index is -0.573. The zero-order valence-corrected chi connectivity index (χ0v) is 42.0. The van der Waals surface area contributed by atoms with Crippen LogP contribution in [0.4, 0.5) is 0 Å². The zero-order chi connectivity index (χ0) is 46.3. The summed E-state index contributed by atoms with van der Waals surface area (Å²) in [5.74, 6) is -0.444. The number of esters is 2. The minimum Gasteiger partial charge on any atom is -0.462 e. The standard InChI is InChI=1S/C59H100O5/c1-4-7-10-13-16-19-22-25-27-29-31-33-36-39-42-45-48-51-54-62-55-57(64-59(61)53-50-47-44-41-38-34-24-21-18-15-12-9-6-3)56-63-58(60)52-49-46-43-40-37-35-32-30-28-26-23-20-17-14-11-8-5-2/h7,10,12,15-16,19,21,24-28,31,33,39,42,57H,4-6,8-9,11,13-14,17-18,20,22-23,29-30,32,34-38,40-41,43-56H2,1-3H3/b10-7-,15-12-,19-16-,24-21-,27-25-,28-26-,33-31-,42-39-. The minimum absolute atomic E-state index is 0.0555. The molecule has 1 atom stereocenters. The van der Waals surface area contributed by atoms with Gasteiger partial charge in [-0.3, -0.25) is 9.59 Å². The summed E-state index contributed by atoms with van der Waals surface area (Å²) in [5.41, 5.74) is 0. The Morgan fingerprint density at radius 1 is 0.359 bits per heavy atom. The molecule has 0 aliphatic rings. The molecule has 0 aromatic rings. The molecule has 64 heavy (non-hydrogen) atoms. The fraction of sp³-hybridized carbons (Fsp3) is 0.695. The van der Waals surface area contributed by atoms with E-state index < -0.39 is 6.10 Å². The highest BCUT2D eigenvalue weighted by atomic mass is 16.6. The molecule has 0 aromatic carbocycles. The summed E-state index contributed by atoms with van der Waals surface area (Å²) in [7, 11) is 0.